The van der Waals surface area contributed by atoms with Crippen molar-refractivity contribution >= 4 is 17.7 Å². The lowest BCUT2D eigenvalue weighted by molar-refractivity contribution is -0.146. The van der Waals surface area contributed by atoms with Gasteiger partial charge in [-0.05, 0) is 31.5 Å². The maximum absolute atomic E-state index is 13.5. The first-order valence-electron chi connectivity index (χ1n) is 10.6. The number of aliphatic hydroxyl groups is 1. The number of esters is 2. The van der Waals surface area contributed by atoms with E-state index in [4.69, 9.17) is 18.9 Å². The van der Waals surface area contributed by atoms with Gasteiger partial charge in [-0.15, -0.1) is 6.58 Å². The van der Waals surface area contributed by atoms with Gasteiger partial charge in [0, 0.05) is 17.5 Å². The molecule has 0 saturated carbocycles. The molecular weight excluding hydrogens is 428 g/mol. The molecule has 0 fully saturated rings. The monoisotopic (exact) mass is 454 g/mol. The summed E-state index contributed by atoms with van der Waals surface area (Å²) in [4.78, 5) is 37.2. The topological polar surface area (TPSA) is 108 Å². The van der Waals surface area contributed by atoms with E-state index in [2.05, 4.69) is 6.58 Å². The number of hydrogen-bond acceptors (Lipinski definition) is 8. The average molecular weight is 454 g/mol. The van der Waals surface area contributed by atoms with Gasteiger partial charge in [0.25, 0.3) is 0 Å². The van der Waals surface area contributed by atoms with Gasteiger partial charge in [0.1, 0.15) is 17.1 Å². The predicted octanol–water partition coefficient (Wildman–Crippen LogP) is 2.93. The number of carbonyl (C=O) groups excluding carboxylic acids is 3. The Hall–Kier alpha value is -3.65. The molecule has 1 N–H and O–H groups in total. The third-order valence-electron chi connectivity index (χ3n) is 5.13. The Morgan fingerprint density at radius 1 is 0.970 bits per heavy atom. The Morgan fingerprint density at radius 2 is 1.55 bits per heavy atom. The van der Waals surface area contributed by atoms with Crippen LogP contribution in [0.1, 0.15) is 47.3 Å². The van der Waals surface area contributed by atoms with Crippen LogP contribution in [0.25, 0.3) is 0 Å². The molecule has 1 unspecified atom stereocenters. The van der Waals surface area contributed by atoms with Crippen LogP contribution in [-0.2, 0) is 24.7 Å². The maximum atomic E-state index is 13.5. The molecule has 0 aliphatic heterocycles. The summed E-state index contributed by atoms with van der Waals surface area (Å²) in [6.45, 7) is 6.63. The SMILES string of the molecule is C=CCC1(O)c2ccccc2C(=O)c2c(OCC(=O)OCC)ccc(OCC(=O)OCC)c21. The van der Waals surface area contributed by atoms with Gasteiger partial charge in [0.05, 0.1) is 18.8 Å². The van der Waals surface area contributed by atoms with Crippen LogP contribution in [0.4, 0.5) is 0 Å². The lowest BCUT2D eigenvalue weighted by Crippen LogP contribution is -2.36. The van der Waals surface area contributed by atoms with Crippen LogP contribution in [0.2, 0.25) is 0 Å². The van der Waals surface area contributed by atoms with E-state index in [1.807, 2.05) is 0 Å². The molecule has 0 saturated heterocycles. The number of carbonyl (C=O) groups is 3. The Kier molecular flexibility index (Phi) is 7.50. The summed E-state index contributed by atoms with van der Waals surface area (Å²) in [6, 6.07) is 9.60. The molecule has 0 bridgehead atoms. The standard InChI is InChI=1S/C25H26O8/c1-4-13-25(29)17-10-8-7-9-16(17)24(28)22-18(32-14-20(26)30-5-2)11-12-19(23(22)25)33-15-21(27)31-6-3/h4,7-12,29H,1,5-6,13-15H2,2-3H3. The van der Waals surface area contributed by atoms with Crippen molar-refractivity contribution in [3.63, 3.8) is 0 Å². The number of fused-ring (bicyclic) bond motifs is 2. The number of hydrogen-bond donors (Lipinski definition) is 1. The van der Waals surface area contributed by atoms with Gasteiger partial charge >= 0.3 is 11.9 Å². The Labute approximate surface area is 191 Å². The summed E-state index contributed by atoms with van der Waals surface area (Å²) in [5.74, 6) is -1.39. The van der Waals surface area contributed by atoms with Crippen LogP contribution in [0.5, 0.6) is 11.5 Å². The molecule has 2 aromatic rings. The summed E-state index contributed by atoms with van der Waals surface area (Å²) in [7, 11) is 0. The molecular formula is C25H26O8. The molecule has 8 nitrogen and oxygen atoms in total. The van der Waals surface area contributed by atoms with Gasteiger partial charge in [0.15, 0.2) is 19.0 Å². The first-order chi connectivity index (χ1) is 15.9. The van der Waals surface area contributed by atoms with Crippen molar-refractivity contribution in [1.29, 1.82) is 0 Å². The van der Waals surface area contributed by atoms with Crippen LogP contribution in [0.3, 0.4) is 0 Å². The summed E-state index contributed by atoms with van der Waals surface area (Å²) >= 11 is 0. The second-order valence-electron chi connectivity index (χ2n) is 7.23. The normalized spacial score (nSPS) is 16.3. The van der Waals surface area contributed by atoms with Gasteiger partial charge in [-0.3, -0.25) is 4.79 Å². The minimum absolute atomic E-state index is 0.0451. The first kappa shape index (κ1) is 24.0. The molecule has 3 rings (SSSR count). The van der Waals surface area contributed by atoms with E-state index in [0.29, 0.717) is 5.56 Å². The van der Waals surface area contributed by atoms with E-state index in [1.165, 1.54) is 18.2 Å². The molecule has 0 heterocycles. The third kappa shape index (κ3) is 4.75. The van der Waals surface area contributed by atoms with Crippen LogP contribution < -0.4 is 9.47 Å². The number of ketones is 1. The van der Waals surface area contributed by atoms with Crippen molar-refractivity contribution in [2.45, 2.75) is 25.9 Å². The van der Waals surface area contributed by atoms with E-state index in [-0.39, 0.29) is 47.8 Å². The Bertz CT molecular complexity index is 1070. The fraction of sp³-hybridized carbons (Fsp3) is 0.320. The zero-order chi connectivity index (χ0) is 24.0. The summed E-state index contributed by atoms with van der Waals surface area (Å²) in [6.07, 6.45) is 1.58. The molecule has 1 aliphatic rings. The summed E-state index contributed by atoms with van der Waals surface area (Å²) < 4.78 is 21.1. The number of rotatable bonds is 10. The van der Waals surface area contributed by atoms with E-state index in [0.717, 1.165) is 0 Å². The van der Waals surface area contributed by atoms with Crippen molar-refractivity contribution in [1.82, 2.24) is 0 Å². The van der Waals surface area contributed by atoms with Crippen LogP contribution in [0, 0.1) is 0 Å². The zero-order valence-corrected chi connectivity index (χ0v) is 18.6. The highest BCUT2D eigenvalue weighted by Gasteiger charge is 2.45. The second-order valence-corrected chi connectivity index (χ2v) is 7.23. The molecule has 33 heavy (non-hydrogen) atoms. The smallest absolute Gasteiger partial charge is 0.344 e. The van der Waals surface area contributed by atoms with E-state index >= 15 is 0 Å². The molecule has 0 radical (unpaired) electrons. The summed E-state index contributed by atoms with van der Waals surface area (Å²) in [5, 5.41) is 11.9. The van der Waals surface area contributed by atoms with Crippen molar-refractivity contribution in [2.75, 3.05) is 26.4 Å². The molecule has 0 spiro atoms. The van der Waals surface area contributed by atoms with Gasteiger partial charge in [0.2, 0.25) is 0 Å². The van der Waals surface area contributed by atoms with Crippen LogP contribution in [-0.4, -0.2) is 49.3 Å². The van der Waals surface area contributed by atoms with Gasteiger partial charge in [-0.25, -0.2) is 9.59 Å². The molecule has 1 atom stereocenters. The zero-order valence-electron chi connectivity index (χ0n) is 18.6. The highest BCUT2D eigenvalue weighted by atomic mass is 16.6. The number of ether oxygens (including phenoxy) is 4. The summed E-state index contributed by atoms with van der Waals surface area (Å²) in [5.41, 5.74) is -0.834. The number of benzene rings is 2. The van der Waals surface area contributed by atoms with Crippen molar-refractivity contribution in [3.8, 4) is 11.5 Å². The average Bonchev–Trinajstić information content (AvgIpc) is 2.80. The Balaban J connectivity index is 2.15. The Morgan fingerprint density at radius 3 is 2.15 bits per heavy atom. The quantitative estimate of drug-likeness (QED) is 0.431. The van der Waals surface area contributed by atoms with Gasteiger partial charge in [-0.2, -0.15) is 0 Å². The fourth-order valence-electron chi connectivity index (χ4n) is 3.85. The predicted molar refractivity (Wildman–Crippen MR) is 118 cm³/mol. The minimum Gasteiger partial charge on any atom is -0.481 e. The highest BCUT2D eigenvalue weighted by molar-refractivity contribution is 6.15. The molecule has 0 aromatic heterocycles. The lowest BCUT2D eigenvalue weighted by atomic mass is 9.72. The fourth-order valence-corrected chi connectivity index (χ4v) is 3.85. The first-order valence-corrected chi connectivity index (χ1v) is 10.6. The lowest BCUT2D eigenvalue weighted by Gasteiger charge is -2.37. The van der Waals surface area contributed by atoms with Gasteiger partial charge < -0.3 is 24.1 Å². The minimum atomic E-state index is -1.69. The van der Waals surface area contributed by atoms with Crippen molar-refractivity contribution in [2.24, 2.45) is 0 Å². The van der Waals surface area contributed by atoms with Crippen LogP contribution in [0.15, 0.2) is 49.1 Å². The van der Waals surface area contributed by atoms with Crippen molar-refractivity contribution in [3.05, 3.63) is 71.3 Å². The second kappa shape index (κ2) is 10.3. The van der Waals surface area contributed by atoms with E-state index < -0.39 is 36.5 Å². The van der Waals surface area contributed by atoms with E-state index in [9.17, 15) is 19.5 Å². The maximum Gasteiger partial charge on any atom is 0.344 e. The molecule has 174 valence electrons. The molecule has 8 heteroatoms. The third-order valence-corrected chi connectivity index (χ3v) is 5.13. The molecule has 0 amide bonds. The molecule has 2 aromatic carbocycles. The molecule has 1 aliphatic carbocycles. The van der Waals surface area contributed by atoms with Crippen molar-refractivity contribution < 1.29 is 38.4 Å². The van der Waals surface area contributed by atoms with Crippen LogP contribution >= 0.6 is 0 Å². The highest BCUT2D eigenvalue weighted by Crippen LogP contribution is 2.49. The largest absolute Gasteiger partial charge is 0.481 e. The van der Waals surface area contributed by atoms with Gasteiger partial charge in [-0.1, -0.05) is 30.3 Å². The van der Waals surface area contributed by atoms with E-state index in [1.54, 1.807) is 38.1 Å².